The molecule has 0 aromatic heterocycles. The van der Waals surface area contributed by atoms with Gasteiger partial charge in [0, 0.05) is 33.0 Å². The van der Waals surface area contributed by atoms with Gasteiger partial charge < -0.3 is 0 Å². The quantitative estimate of drug-likeness (QED) is 0.648. The van der Waals surface area contributed by atoms with Gasteiger partial charge in [-0.05, 0) is 34.2 Å². The summed E-state index contributed by atoms with van der Waals surface area (Å²) in [4.78, 5) is 4.15. The number of halogens is 2. The van der Waals surface area contributed by atoms with Gasteiger partial charge in [-0.15, -0.1) is 0 Å². The van der Waals surface area contributed by atoms with Crippen molar-refractivity contribution >= 4 is 44.0 Å². The Labute approximate surface area is 95.7 Å². The van der Waals surface area contributed by atoms with Crippen LogP contribution >= 0.6 is 34.2 Å². The van der Waals surface area contributed by atoms with Crippen molar-refractivity contribution in [1.29, 1.82) is 0 Å². The number of nitrogens with zero attached hydrogens (tertiary/aromatic N) is 1. The minimum absolute atomic E-state index is 0.809. The van der Waals surface area contributed by atoms with Gasteiger partial charge in [-0.1, -0.05) is 23.7 Å². The molecule has 0 spiro atoms. The number of aliphatic imine (C=N–C) groups is 1. The fraction of sp³-hybridized carbons (Fsp3) is 0.100. The molecular formula is C10H7ClIN. The van der Waals surface area contributed by atoms with Gasteiger partial charge in [0.15, 0.2) is 0 Å². The Morgan fingerprint density at radius 3 is 3.08 bits per heavy atom. The van der Waals surface area contributed by atoms with Gasteiger partial charge in [0.2, 0.25) is 0 Å². The fourth-order valence-electron chi connectivity index (χ4n) is 1.34. The predicted molar refractivity (Wildman–Crippen MR) is 65.6 cm³/mol. The van der Waals surface area contributed by atoms with Crippen LogP contribution < -0.4 is 0 Å². The molecule has 2 rings (SSSR count). The van der Waals surface area contributed by atoms with Gasteiger partial charge in [0.05, 0.1) is 0 Å². The van der Waals surface area contributed by atoms with Crippen LogP contribution in [-0.2, 0) is 6.42 Å². The molecule has 1 aliphatic rings. The van der Waals surface area contributed by atoms with Crippen molar-refractivity contribution in [2.75, 3.05) is 0 Å². The van der Waals surface area contributed by atoms with E-state index in [9.17, 15) is 0 Å². The third-order valence-corrected chi connectivity index (χ3v) is 3.08. The minimum atomic E-state index is 0.809. The normalized spacial score (nSPS) is 14.8. The summed E-state index contributed by atoms with van der Waals surface area (Å²) >= 11 is 8.37. The molecule has 0 bridgehead atoms. The zero-order valence-corrected chi connectivity index (χ0v) is 9.71. The van der Waals surface area contributed by atoms with E-state index in [-0.39, 0.29) is 0 Å². The summed E-state index contributed by atoms with van der Waals surface area (Å²) in [5, 5.41) is 0.809. The average Bonchev–Trinajstić information content (AvgIpc) is 2.29. The monoisotopic (exact) mass is 303 g/mol. The molecule has 0 saturated carbocycles. The highest BCUT2D eigenvalue weighted by molar-refractivity contribution is 14.1. The van der Waals surface area contributed by atoms with E-state index in [1.165, 1.54) is 5.56 Å². The summed E-state index contributed by atoms with van der Waals surface area (Å²) in [5.41, 5.74) is 2.37. The summed E-state index contributed by atoms with van der Waals surface area (Å²) in [6, 6.07) is 5.98. The van der Waals surface area contributed by atoms with Crippen LogP contribution in [0.25, 0.3) is 3.58 Å². The van der Waals surface area contributed by atoms with E-state index in [0.29, 0.717) is 0 Å². The smallest absolute Gasteiger partial charge is 0.0492 e. The molecule has 0 unspecified atom stereocenters. The molecule has 0 N–H and O–H groups in total. The van der Waals surface area contributed by atoms with E-state index in [1.54, 1.807) is 0 Å². The first-order chi connectivity index (χ1) is 6.29. The number of fused-ring (bicyclic) bond motifs is 1. The van der Waals surface area contributed by atoms with E-state index < -0.39 is 0 Å². The molecule has 1 aliphatic heterocycles. The van der Waals surface area contributed by atoms with Crippen molar-refractivity contribution in [1.82, 2.24) is 0 Å². The van der Waals surface area contributed by atoms with Crippen LogP contribution in [-0.4, -0.2) is 6.21 Å². The van der Waals surface area contributed by atoms with Crippen molar-refractivity contribution < 1.29 is 0 Å². The number of hydrogen-bond acceptors (Lipinski definition) is 1. The molecular weight excluding hydrogens is 296 g/mol. The van der Waals surface area contributed by atoms with Crippen molar-refractivity contribution in [3.63, 3.8) is 0 Å². The van der Waals surface area contributed by atoms with Crippen LogP contribution in [0.5, 0.6) is 0 Å². The summed E-state index contributed by atoms with van der Waals surface area (Å²) < 4.78 is 1.10. The Balaban J connectivity index is 2.66. The maximum absolute atomic E-state index is 6.11. The highest BCUT2D eigenvalue weighted by Crippen LogP contribution is 2.33. The summed E-state index contributed by atoms with van der Waals surface area (Å²) in [7, 11) is 0. The predicted octanol–water partition coefficient (Wildman–Crippen LogP) is 3.70. The molecule has 0 aliphatic carbocycles. The Morgan fingerprint density at radius 1 is 1.38 bits per heavy atom. The van der Waals surface area contributed by atoms with Crippen LogP contribution in [0.2, 0.25) is 5.02 Å². The molecule has 66 valence electrons. The molecule has 3 heteroatoms. The van der Waals surface area contributed by atoms with E-state index >= 15 is 0 Å². The van der Waals surface area contributed by atoms with Crippen LogP contribution in [0.15, 0.2) is 29.4 Å². The lowest BCUT2D eigenvalue weighted by Crippen LogP contribution is -1.90. The highest BCUT2D eigenvalue weighted by Gasteiger charge is 2.10. The first kappa shape index (κ1) is 9.21. The number of benzene rings is 1. The van der Waals surface area contributed by atoms with Gasteiger partial charge in [-0.2, -0.15) is 0 Å². The zero-order valence-electron chi connectivity index (χ0n) is 6.80. The van der Waals surface area contributed by atoms with Crippen LogP contribution in [0, 0.1) is 0 Å². The summed E-state index contributed by atoms with van der Waals surface area (Å²) in [5.74, 6) is 0. The molecule has 0 atom stereocenters. The van der Waals surface area contributed by atoms with Crippen molar-refractivity contribution in [2.24, 2.45) is 4.99 Å². The summed E-state index contributed by atoms with van der Waals surface area (Å²) in [6.45, 7) is 0. The highest BCUT2D eigenvalue weighted by atomic mass is 127. The fourth-order valence-corrected chi connectivity index (χ4v) is 2.59. The van der Waals surface area contributed by atoms with Gasteiger partial charge >= 0.3 is 0 Å². The largest absolute Gasteiger partial charge is 0.268 e. The Bertz CT molecular complexity index is 396. The van der Waals surface area contributed by atoms with Crippen LogP contribution in [0.1, 0.15) is 11.1 Å². The van der Waals surface area contributed by atoms with Crippen molar-refractivity contribution in [2.45, 2.75) is 6.42 Å². The average molecular weight is 304 g/mol. The van der Waals surface area contributed by atoms with Gasteiger partial charge in [-0.25, -0.2) is 0 Å². The van der Waals surface area contributed by atoms with Gasteiger partial charge in [0.1, 0.15) is 0 Å². The molecule has 1 heterocycles. The lowest BCUT2D eigenvalue weighted by molar-refractivity contribution is 1.35. The molecule has 13 heavy (non-hydrogen) atoms. The second kappa shape index (κ2) is 3.80. The Kier molecular flexibility index (Phi) is 2.69. The molecule has 1 nitrogen and oxygen atoms in total. The third-order valence-electron chi connectivity index (χ3n) is 1.94. The maximum atomic E-state index is 6.11. The van der Waals surface area contributed by atoms with Gasteiger partial charge in [-0.3, -0.25) is 4.99 Å². The lowest BCUT2D eigenvalue weighted by atomic mass is 10.1. The lowest BCUT2D eigenvalue weighted by Gasteiger charge is -2.06. The maximum Gasteiger partial charge on any atom is 0.0492 e. The zero-order chi connectivity index (χ0) is 9.26. The molecule has 1 aromatic rings. The van der Waals surface area contributed by atoms with Crippen LogP contribution in [0.4, 0.5) is 0 Å². The van der Waals surface area contributed by atoms with E-state index in [4.69, 9.17) is 11.6 Å². The molecule has 0 radical (unpaired) electrons. The van der Waals surface area contributed by atoms with Gasteiger partial charge in [0.25, 0.3) is 0 Å². The SMILES string of the molecule is Clc1cccc2c1C(I)=CN=CC2. The van der Waals surface area contributed by atoms with Crippen molar-refractivity contribution in [3.8, 4) is 0 Å². The molecule has 0 saturated heterocycles. The Hall–Kier alpha value is -0.350. The van der Waals surface area contributed by atoms with E-state index in [1.807, 2.05) is 24.5 Å². The second-order valence-electron chi connectivity index (χ2n) is 2.79. The summed E-state index contributed by atoms with van der Waals surface area (Å²) in [6.07, 6.45) is 4.61. The standard InChI is InChI=1S/C10H7ClIN/c11-8-3-1-2-7-4-5-13-6-9(12)10(7)8/h1-3,5-6H,4H2. The van der Waals surface area contributed by atoms with Crippen LogP contribution in [0.3, 0.4) is 0 Å². The Morgan fingerprint density at radius 2 is 2.23 bits per heavy atom. The minimum Gasteiger partial charge on any atom is -0.268 e. The van der Waals surface area contributed by atoms with E-state index in [2.05, 4.69) is 33.6 Å². The van der Waals surface area contributed by atoms with Crippen molar-refractivity contribution in [3.05, 3.63) is 40.5 Å². The third kappa shape index (κ3) is 1.79. The number of rotatable bonds is 0. The number of hydrogen-bond donors (Lipinski definition) is 0. The first-order valence-electron chi connectivity index (χ1n) is 3.94. The first-order valence-corrected chi connectivity index (χ1v) is 5.40. The molecule has 1 aromatic carbocycles. The topological polar surface area (TPSA) is 12.4 Å². The van der Waals surface area contributed by atoms with E-state index in [0.717, 1.165) is 20.6 Å². The molecule has 0 amide bonds. The second-order valence-corrected chi connectivity index (χ2v) is 4.36. The molecule has 0 fully saturated rings.